The zero-order valence-electron chi connectivity index (χ0n) is 15.4. The highest BCUT2D eigenvalue weighted by Gasteiger charge is 2.35. The fourth-order valence-electron chi connectivity index (χ4n) is 3.38. The van der Waals surface area contributed by atoms with Crippen molar-refractivity contribution in [2.45, 2.75) is 25.7 Å². The molecule has 3 heterocycles. The lowest BCUT2D eigenvalue weighted by Crippen LogP contribution is -2.36. The standard InChI is InChI=1S/C20H15F5N4O/c21-12-2-3-13(15(22)7-12)16-4-1-11(8-26-16)9-29-6-5-17-14(10-29)18(30)28-19(27-17)20(23,24)25/h1-4,7-8H,5-6,9-10H2,(H,27,28,30). The Labute approximate surface area is 167 Å². The second-order valence-electron chi connectivity index (χ2n) is 6.97. The minimum atomic E-state index is -4.71. The summed E-state index contributed by atoms with van der Waals surface area (Å²) in [4.78, 5) is 23.6. The van der Waals surface area contributed by atoms with Gasteiger partial charge >= 0.3 is 6.18 Å². The molecule has 1 aliphatic rings. The molecule has 1 N–H and O–H groups in total. The minimum absolute atomic E-state index is 0.155. The van der Waals surface area contributed by atoms with Crippen LogP contribution in [-0.4, -0.2) is 26.4 Å². The van der Waals surface area contributed by atoms with E-state index < -0.39 is 29.2 Å². The van der Waals surface area contributed by atoms with Gasteiger partial charge in [0.25, 0.3) is 5.56 Å². The number of nitrogens with zero attached hydrogens (tertiary/aromatic N) is 3. The molecular formula is C20H15F5N4O. The molecule has 30 heavy (non-hydrogen) atoms. The Morgan fingerprint density at radius 3 is 2.60 bits per heavy atom. The Bertz CT molecular complexity index is 1140. The number of fused-ring (bicyclic) bond motifs is 1. The van der Waals surface area contributed by atoms with Gasteiger partial charge in [0.1, 0.15) is 11.6 Å². The highest BCUT2D eigenvalue weighted by Crippen LogP contribution is 2.27. The molecule has 3 aromatic rings. The normalized spacial score (nSPS) is 14.6. The Morgan fingerprint density at radius 1 is 1.13 bits per heavy atom. The van der Waals surface area contributed by atoms with E-state index in [1.54, 1.807) is 23.3 Å². The van der Waals surface area contributed by atoms with Crippen molar-refractivity contribution in [3.8, 4) is 11.3 Å². The van der Waals surface area contributed by atoms with Gasteiger partial charge in [0.2, 0.25) is 5.82 Å². The summed E-state index contributed by atoms with van der Waals surface area (Å²) in [5.74, 6) is -2.68. The molecule has 1 aliphatic heterocycles. The number of H-pyrrole nitrogens is 1. The SMILES string of the molecule is O=c1[nH]c(C(F)(F)F)nc2c1CN(Cc1ccc(-c3ccc(F)cc3F)nc1)CC2. The van der Waals surface area contributed by atoms with Gasteiger partial charge in [0, 0.05) is 43.9 Å². The van der Waals surface area contributed by atoms with Gasteiger partial charge in [-0.1, -0.05) is 6.07 Å². The van der Waals surface area contributed by atoms with Crippen molar-refractivity contribution in [3.05, 3.63) is 81.2 Å². The first-order chi connectivity index (χ1) is 14.2. The molecular weight excluding hydrogens is 407 g/mol. The molecule has 0 saturated carbocycles. The number of hydrogen-bond acceptors (Lipinski definition) is 4. The molecule has 0 radical (unpaired) electrons. The maximum absolute atomic E-state index is 13.9. The van der Waals surface area contributed by atoms with E-state index in [-0.39, 0.29) is 29.8 Å². The second-order valence-corrected chi connectivity index (χ2v) is 6.97. The lowest BCUT2D eigenvalue weighted by Gasteiger charge is -2.27. The fourth-order valence-corrected chi connectivity index (χ4v) is 3.38. The number of halogens is 5. The summed E-state index contributed by atoms with van der Waals surface area (Å²) in [5.41, 5.74) is 0.876. The summed E-state index contributed by atoms with van der Waals surface area (Å²) >= 11 is 0. The molecule has 4 rings (SSSR count). The van der Waals surface area contributed by atoms with Gasteiger partial charge in [-0.05, 0) is 23.8 Å². The predicted octanol–water partition coefficient (Wildman–Crippen LogP) is 3.69. The van der Waals surface area contributed by atoms with Crippen LogP contribution in [0.3, 0.4) is 0 Å². The van der Waals surface area contributed by atoms with E-state index >= 15 is 0 Å². The minimum Gasteiger partial charge on any atom is -0.303 e. The third-order valence-corrected chi connectivity index (χ3v) is 4.85. The van der Waals surface area contributed by atoms with Crippen LogP contribution in [-0.2, 0) is 25.7 Å². The van der Waals surface area contributed by atoms with Crippen LogP contribution in [0.4, 0.5) is 22.0 Å². The molecule has 156 valence electrons. The second kappa shape index (κ2) is 7.60. The van der Waals surface area contributed by atoms with Crippen molar-refractivity contribution >= 4 is 0 Å². The number of hydrogen-bond donors (Lipinski definition) is 1. The van der Waals surface area contributed by atoms with Crippen LogP contribution >= 0.6 is 0 Å². The number of pyridine rings is 1. The zero-order valence-corrected chi connectivity index (χ0v) is 15.4. The van der Waals surface area contributed by atoms with E-state index in [9.17, 15) is 26.7 Å². The fraction of sp³-hybridized carbons (Fsp3) is 0.250. The summed E-state index contributed by atoms with van der Waals surface area (Å²) in [6.45, 7) is 0.984. The molecule has 0 bridgehead atoms. The molecule has 0 atom stereocenters. The Hall–Kier alpha value is -3.14. The molecule has 10 heteroatoms. The van der Waals surface area contributed by atoms with Crippen LogP contribution in [0.15, 0.2) is 41.3 Å². The lowest BCUT2D eigenvalue weighted by atomic mass is 10.1. The average Bonchev–Trinajstić information content (AvgIpc) is 2.68. The first-order valence-electron chi connectivity index (χ1n) is 9.02. The van der Waals surface area contributed by atoms with Gasteiger partial charge in [-0.3, -0.25) is 14.7 Å². The zero-order chi connectivity index (χ0) is 21.5. The van der Waals surface area contributed by atoms with Gasteiger partial charge in [0.05, 0.1) is 17.0 Å². The van der Waals surface area contributed by atoms with Gasteiger partial charge in [-0.25, -0.2) is 13.8 Å². The predicted molar refractivity (Wildman–Crippen MR) is 97.3 cm³/mol. The van der Waals surface area contributed by atoms with E-state index in [4.69, 9.17) is 0 Å². The largest absolute Gasteiger partial charge is 0.449 e. The van der Waals surface area contributed by atoms with Crippen molar-refractivity contribution in [2.75, 3.05) is 6.54 Å². The van der Waals surface area contributed by atoms with Crippen molar-refractivity contribution in [1.82, 2.24) is 19.9 Å². The quantitative estimate of drug-likeness (QED) is 0.654. The highest BCUT2D eigenvalue weighted by atomic mass is 19.4. The number of rotatable bonds is 3. The summed E-state index contributed by atoms with van der Waals surface area (Å²) in [5, 5.41) is 0. The molecule has 0 unspecified atom stereocenters. The summed E-state index contributed by atoms with van der Waals surface area (Å²) in [7, 11) is 0. The average molecular weight is 422 g/mol. The van der Waals surface area contributed by atoms with Gasteiger partial charge < -0.3 is 4.98 Å². The Morgan fingerprint density at radius 2 is 1.93 bits per heavy atom. The Kier molecular flexibility index (Phi) is 5.10. The van der Waals surface area contributed by atoms with E-state index in [1.807, 2.05) is 4.90 Å². The molecule has 0 amide bonds. The van der Waals surface area contributed by atoms with E-state index in [1.165, 1.54) is 6.07 Å². The van der Waals surface area contributed by atoms with Crippen molar-refractivity contribution in [2.24, 2.45) is 0 Å². The van der Waals surface area contributed by atoms with E-state index in [0.29, 0.717) is 18.8 Å². The smallest absolute Gasteiger partial charge is 0.303 e. The highest BCUT2D eigenvalue weighted by molar-refractivity contribution is 5.59. The molecule has 0 spiro atoms. The van der Waals surface area contributed by atoms with E-state index in [0.717, 1.165) is 17.7 Å². The lowest BCUT2D eigenvalue weighted by molar-refractivity contribution is -0.145. The first kappa shape index (κ1) is 20.1. The molecule has 0 aliphatic carbocycles. The third kappa shape index (κ3) is 4.09. The summed E-state index contributed by atoms with van der Waals surface area (Å²) in [6.07, 6.45) is -2.94. The van der Waals surface area contributed by atoms with Crippen molar-refractivity contribution < 1.29 is 22.0 Å². The number of benzene rings is 1. The van der Waals surface area contributed by atoms with Gasteiger partial charge in [0.15, 0.2) is 0 Å². The van der Waals surface area contributed by atoms with Crippen LogP contribution in [0, 0.1) is 11.6 Å². The maximum atomic E-state index is 13.9. The molecule has 0 saturated heterocycles. The van der Waals surface area contributed by atoms with Crippen LogP contribution in [0.5, 0.6) is 0 Å². The van der Waals surface area contributed by atoms with Crippen molar-refractivity contribution in [1.29, 1.82) is 0 Å². The molecule has 1 aromatic carbocycles. The van der Waals surface area contributed by atoms with Gasteiger partial charge in [-0.2, -0.15) is 13.2 Å². The number of aromatic nitrogens is 3. The van der Waals surface area contributed by atoms with Crippen LogP contribution < -0.4 is 5.56 Å². The molecule has 5 nitrogen and oxygen atoms in total. The number of alkyl halides is 3. The molecule has 2 aromatic heterocycles. The third-order valence-electron chi connectivity index (χ3n) is 4.85. The number of nitrogens with one attached hydrogen (secondary N) is 1. The topological polar surface area (TPSA) is 61.9 Å². The van der Waals surface area contributed by atoms with E-state index in [2.05, 4.69) is 9.97 Å². The summed E-state index contributed by atoms with van der Waals surface area (Å²) in [6, 6.07) is 6.58. The van der Waals surface area contributed by atoms with Crippen LogP contribution in [0.2, 0.25) is 0 Å². The number of aromatic amines is 1. The summed E-state index contributed by atoms with van der Waals surface area (Å²) < 4.78 is 65.4. The van der Waals surface area contributed by atoms with Crippen LogP contribution in [0.25, 0.3) is 11.3 Å². The van der Waals surface area contributed by atoms with Gasteiger partial charge in [-0.15, -0.1) is 0 Å². The monoisotopic (exact) mass is 422 g/mol. The maximum Gasteiger partial charge on any atom is 0.449 e. The van der Waals surface area contributed by atoms with Crippen molar-refractivity contribution in [3.63, 3.8) is 0 Å². The Balaban J connectivity index is 1.49. The molecule has 0 fully saturated rings. The van der Waals surface area contributed by atoms with Crippen LogP contribution in [0.1, 0.15) is 22.6 Å². The first-order valence-corrected chi connectivity index (χ1v) is 9.02.